The molecule has 0 saturated heterocycles. The van der Waals surface area contributed by atoms with Gasteiger partial charge >= 0.3 is 5.97 Å². The van der Waals surface area contributed by atoms with Crippen molar-refractivity contribution in [3.63, 3.8) is 0 Å². The third-order valence-electron chi connectivity index (χ3n) is 2.01. The third kappa shape index (κ3) is 5.71. The predicted octanol–water partition coefficient (Wildman–Crippen LogP) is 0.492. The molecule has 0 aromatic carbocycles. The van der Waals surface area contributed by atoms with Gasteiger partial charge < -0.3 is 19.9 Å². The van der Waals surface area contributed by atoms with Crippen LogP contribution in [0.3, 0.4) is 0 Å². The van der Waals surface area contributed by atoms with Crippen LogP contribution >= 0.6 is 0 Å². The van der Waals surface area contributed by atoms with Crippen molar-refractivity contribution in [1.82, 2.24) is 5.32 Å². The van der Waals surface area contributed by atoms with Crippen LogP contribution in [0, 0.1) is 0 Å². The van der Waals surface area contributed by atoms with Gasteiger partial charge in [0, 0.05) is 6.61 Å². The molecule has 1 unspecified atom stereocenters. The van der Waals surface area contributed by atoms with Gasteiger partial charge in [-0.2, -0.15) is 0 Å². The molecule has 2 N–H and O–H groups in total. The molecule has 0 radical (unpaired) electrons. The van der Waals surface area contributed by atoms with Gasteiger partial charge in [0.15, 0.2) is 0 Å². The minimum Gasteiger partial charge on any atom is -0.480 e. The molecule has 0 aromatic rings. The number of rotatable bonds is 9. The van der Waals surface area contributed by atoms with Crippen LogP contribution in [0.5, 0.6) is 0 Å². The summed E-state index contributed by atoms with van der Waals surface area (Å²) in [5.41, 5.74) is -1.01. The maximum atomic E-state index is 11.0. The van der Waals surface area contributed by atoms with E-state index in [1.54, 1.807) is 6.92 Å². The summed E-state index contributed by atoms with van der Waals surface area (Å²) in [4.78, 5) is 11.0. The van der Waals surface area contributed by atoms with E-state index in [-0.39, 0.29) is 6.61 Å². The Morgan fingerprint density at radius 2 is 1.93 bits per heavy atom. The Bertz CT molecular complexity index is 186. The van der Waals surface area contributed by atoms with E-state index < -0.39 is 11.5 Å². The molecule has 1 atom stereocenters. The summed E-state index contributed by atoms with van der Waals surface area (Å²) in [6.45, 7) is 7.68. The van der Waals surface area contributed by atoms with E-state index >= 15 is 0 Å². The summed E-state index contributed by atoms with van der Waals surface area (Å²) in [6.07, 6.45) is 0. The minimum atomic E-state index is -1.01. The Morgan fingerprint density at radius 3 is 2.40 bits per heavy atom. The van der Waals surface area contributed by atoms with Gasteiger partial charge in [-0.3, -0.25) is 4.79 Å². The zero-order chi connectivity index (χ0) is 11.7. The van der Waals surface area contributed by atoms with Gasteiger partial charge in [0.1, 0.15) is 5.54 Å². The van der Waals surface area contributed by atoms with E-state index in [0.29, 0.717) is 26.4 Å². The highest BCUT2D eigenvalue weighted by Gasteiger charge is 2.32. The number of carboxylic acid groups (broad SMARTS) is 1. The summed E-state index contributed by atoms with van der Waals surface area (Å²) in [7, 11) is 0. The van der Waals surface area contributed by atoms with Crippen molar-refractivity contribution < 1.29 is 19.4 Å². The van der Waals surface area contributed by atoms with Crippen LogP contribution < -0.4 is 5.32 Å². The van der Waals surface area contributed by atoms with E-state index in [1.807, 2.05) is 13.8 Å². The highest BCUT2D eigenvalue weighted by atomic mass is 16.5. The van der Waals surface area contributed by atoms with Gasteiger partial charge in [0.05, 0.1) is 19.8 Å². The van der Waals surface area contributed by atoms with E-state index in [9.17, 15) is 4.79 Å². The van der Waals surface area contributed by atoms with Crippen LogP contribution in [0.2, 0.25) is 0 Å². The van der Waals surface area contributed by atoms with Gasteiger partial charge in [-0.1, -0.05) is 6.92 Å². The lowest BCUT2D eigenvalue weighted by Crippen LogP contribution is -2.53. The number of likely N-dealkylation sites (N-methyl/N-ethyl adjacent to an activating group) is 1. The first-order valence-electron chi connectivity index (χ1n) is 5.20. The van der Waals surface area contributed by atoms with Crippen molar-refractivity contribution in [2.75, 3.05) is 33.0 Å². The standard InChI is InChI=1S/C10H21NO4/c1-4-11-10(3,9(12)13)8-15-7-6-14-5-2/h11H,4-8H2,1-3H3,(H,12,13). The number of hydrogen-bond donors (Lipinski definition) is 2. The normalized spacial score (nSPS) is 14.9. The van der Waals surface area contributed by atoms with Crippen LogP contribution in [0.25, 0.3) is 0 Å². The van der Waals surface area contributed by atoms with Gasteiger partial charge in [-0.05, 0) is 20.4 Å². The van der Waals surface area contributed by atoms with Crippen LogP contribution in [-0.4, -0.2) is 49.6 Å². The predicted molar refractivity (Wildman–Crippen MR) is 57.0 cm³/mol. The van der Waals surface area contributed by atoms with E-state index in [1.165, 1.54) is 0 Å². The fourth-order valence-electron chi connectivity index (χ4n) is 1.12. The van der Waals surface area contributed by atoms with Crippen molar-refractivity contribution in [3.8, 4) is 0 Å². The van der Waals surface area contributed by atoms with Gasteiger partial charge in [-0.25, -0.2) is 0 Å². The molecule has 0 spiro atoms. The summed E-state index contributed by atoms with van der Waals surface area (Å²) < 4.78 is 10.3. The maximum Gasteiger partial charge on any atom is 0.326 e. The summed E-state index contributed by atoms with van der Waals surface area (Å²) in [6, 6.07) is 0. The molecule has 0 aromatic heterocycles. The molecule has 0 aliphatic rings. The van der Waals surface area contributed by atoms with Crippen LogP contribution in [0.15, 0.2) is 0 Å². The maximum absolute atomic E-state index is 11.0. The Morgan fingerprint density at radius 1 is 1.33 bits per heavy atom. The first-order chi connectivity index (χ1) is 7.06. The number of aliphatic carboxylic acids is 1. The lowest BCUT2D eigenvalue weighted by Gasteiger charge is -2.25. The number of carbonyl (C=O) groups is 1. The molecule has 0 heterocycles. The number of carboxylic acids is 1. The lowest BCUT2D eigenvalue weighted by molar-refractivity contribution is -0.147. The SMILES string of the molecule is CCNC(C)(COCCOCC)C(=O)O. The molecular formula is C10H21NO4. The second-order valence-corrected chi connectivity index (χ2v) is 3.42. The molecule has 0 bridgehead atoms. The summed E-state index contributed by atoms with van der Waals surface area (Å²) in [5, 5.41) is 11.9. The molecule has 0 rings (SSSR count). The van der Waals surface area contributed by atoms with Crippen LogP contribution in [0.1, 0.15) is 20.8 Å². The molecule has 0 fully saturated rings. The minimum absolute atomic E-state index is 0.142. The Hall–Kier alpha value is -0.650. The zero-order valence-corrected chi connectivity index (χ0v) is 9.71. The molecule has 5 nitrogen and oxygen atoms in total. The van der Waals surface area contributed by atoms with Crippen molar-refractivity contribution in [2.24, 2.45) is 0 Å². The third-order valence-corrected chi connectivity index (χ3v) is 2.01. The van der Waals surface area contributed by atoms with Crippen molar-refractivity contribution in [3.05, 3.63) is 0 Å². The number of hydrogen-bond acceptors (Lipinski definition) is 4. The van der Waals surface area contributed by atoms with Crippen molar-refractivity contribution in [1.29, 1.82) is 0 Å². The van der Waals surface area contributed by atoms with Gasteiger partial charge in [-0.15, -0.1) is 0 Å². The molecule has 0 aliphatic carbocycles. The van der Waals surface area contributed by atoms with E-state index in [0.717, 1.165) is 0 Å². The molecular weight excluding hydrogens is 198 g/mol. The van der Waals surface area contributed by atoms with Gasteiger partial charge in [0.25, 0.3) is 0 Å². The Labute approximate surface area is 90.8 Å². The fraction of sp³-hybridized carbons (Fsp3) is 0.900. The first-order valence-corrected chi connectivity index (χ1v) is 5.20. The quantitative estimate of drug-likeness (QED) is 0.552. The second-order valence-electron chi connectivity index (χ2n) is 3.42. The van der Waals surface area contributed by atoms with Crippen LogP contribution in [0.4, 0.5) is 0 Å². The molecule has 90 valence electrons. The monoisotopic (exact) mass is 219 g/mol. The van der Waals surface area contributed by atoms with E-state index in [2.05, 4.69) is 5.32 Å². The number of nitrogens with one attached hydrogen (secondary N) is 1. The Balaban J connectivity index is 3.81. The fourth-order valence-corrected chi connectivity index (χ4v) is 1.12. The van der Waals surface area contributed by atoms with Crippen molar-refractivity contribution in [2.45, 2.75) is 26.3 Å². The highest BCUT2D eigenvalue weighted by Crippen LogP contribution is 2.04. The summed E-state index contributed by atoms with van der Waals surface area (Å²) in [5.74, 6) is -0.902. The van der Waals surface area contributed by atoms with Crippen molar-refractivity contribution >= 4 is 5.97 Å². The highest BCUT2D eigenvalue weighted by molar-refractivity contribution is 5.78. The average Bonchev–Trinajstić information content (AvgIpc) is 2.18. The first kappa shape index (κ1) is 14.3. The lowest BCUT2D eigenvalue weighted by atomic mass is 10.0. The van der Waals surface area contributed by atoms with E-state index in [4.69, 9.17) is 14.6 Å². The van der Waals surface area contributed by atoms with Gasteiger partial charge in [0.2, 0.25) is 0 Å². The average molecular weight is 219 g/mol. The molecule has 0 aliphatic heterocycles. The zero-order valence-electron chi connectivity index (χ0n) is 9.71. The topological polar surface area (TPSA) is 67.8 Å². The summed E-state index contributed by atoms with van der Waals surface area (Å²) >= 11 is 0. The molecule has 0 saturated carbocycles. The Kier molecular flexibility index (Phi) is 7.29. The smallest absolute Gasteiger partial charge is 0.326 e. The molecule has 0 amide bonds. The molecule has 15 heavy (non-hydrogen) atoms. The second kappa shape index (κ2) is 7.62. The van der Waals surface area contributed by atoms with Crippen LogP contribution in [-0.2, 0) is 14.3 Å². The largest absolute Gasteiger partial charge is 0.480 e. The molecule has 5 heteroatoms. The number of ether oxygens (including phenoxy) is 2.